The van der Waals surface area contributed by atoms with Crippen LogP contribution in [-0.2, 0) is 38.4 Å². The average Bonchev–Trinajstić information content (AvgIpc) is 3.55. The molecule has 1 saturated heterocycles. The second-order valence-corrected chi connectivity index (χ2v) is 10.2. The van der Waals surface area contributed by atoms with Crippen molar-refractivity contribution in [1.29, 1.82) is 0 Å². The predicted octanol–water partition coefficient (Wildman–Crippen LogP) is 1.19. The van der Waals surface area contributed by atoms with Gasteiger partial charge in [-0.25, -0.2) is 0 Å². The zero-order valence-electron chi connectivity index (χ0n) is 27.0. The van der Waals surface area contributed by atoms with Crippen molar-refractivity contribution in [3.05, 3.63) is 102 Å². The molecule has 42 heavy (non-hydrogen) atoms. The second kappa shape index (κ2) is 14.3. The number of nitrogens with zero attached hydrogens (tertiary/aromatic N) is 1. The lowest BCUT2D eigenvalue weighted by atomic mass is 10.0. The van der Waals surface area contributed by atoms with Gasteiger partial charge in [-0.05, 0) is 48.0 Å². The highest BCUT2D eigenvalue weighted by molar-refractivity contribution is 5.95. The van der Waals surface area contributed by atoms with E-state index in [2.05, 4.69) is 10.6 Å². The van der Waals surface area contributed by atoms with Gasteiger partial charge in [0.15, 0.2) is 0 Å². The first-order valence-corrected chi connectivity index (χ1v) is 13.7. The van der Waals surface area contributed by atoms with Crippen LogP contribution in [0.3, 0.4) is 0 Å². The standard InChI is InChI=1S/C32H37N5O5/c33-25(18-23-13-15-24(38)16-14-23)32(42)37-17-7-12-28(37)31(41)36-27(20-22-10-5-2-6-11-22)30(40)35-26(29(34)39)19-21-8-3-1-4-9-21/h1-6,8-11,13-16,25-28,38H,7,12,17-20,33H2,(H2,34,39)(H,35,40)(H,36,41)/t25-,26-,27-,28-/m0/s1/i13D,14D,15D,16D. The summed E-state index contributed by atoms with van der Waals surface area (Å²) in [5.74, 6) is -3.39. The maximum Gasteiger partial charge on any atom is 0.243 e. The molecule has 1 aliphatic heterocycles. The fourth-order valence-electron chi connectivity index (χ4n) is 4.93. The minimum absolute atomic E-state index is 0.0970. The summed E-state index contributed by atoms with van der Waals surface area (Å²) in [5, 5.41) is 15.3. The van der Waals surface area contributed by atoms with Crippen LogP contribution in [0.4, 0.5) is 0 Å². The number of benzene rings is 3. The molecule has 1 fully saturated rings. The number of nitrogens with two attached hydrogens (primary N) is 2. The van der Waals surface area contributed by atoms with Gasteiger partial charge in [-0.15, -0.1) is 0 Å². The molecule has 4 rings (SSSR count). The van der Waals surface area contributed by atoms with Crippen LogP contribution in [0.1, 0.15) is 35.0 Å². The lowest BCUT2D eigenvalue weighted by molar-refractivity contribution is -0.140. The van der Waals surface area contributed by atoms with Gasteiger partial charge in [0.05, 0.1) is 11.5 Å². The van der Waals surface area contributed by atoms with Crippen molar-refractivity contribution in [3.63, 3.8) is 0 Å². The van der Waals surface area contributed by atoms with Crippen LogP contribution in [0.15, 0.2) is 84.8 Å². The van der Waals surface area contributed by atoms with Crippen molar-refractivity contribution in [2.24, 2.45) is 11.5 Å². The summed E-state index contributed by atoms with van der Waals surface area (Å²) in [6.07, 6.45) is 0.671. The molecule has 1 aliphatic rings. The smallest absolute Gasteiger partial charge is 0.243 e. The van der Waals surface area contributed by atoms with Gasteiger partial charge in [0.1, 0.15) is 23.9 Å². The zero-order valence-corrected chi connectivity index (χ0v) is 23.0. The van der Waals surface area contributed by atoms with E-state index >= 15 is 0 Å². The first-order valence-electron chi connectivity index (χ1n) is 15.7. The molecule has 0 aromatic heterocycles. The van der Waals surface area contributed by atoms with Crippen LogP contribution in [0, 0.1) is 0 Å². The molecule has 0 spiro atoms. The van der Waals surface area contributed by atoms with E-state index in [1.165, 1.54) is 4.90 Å². The van der Waals surface area contributed by atoms with Crippen molar-refractivity contribution < 1.29 is 29.8 Å². The normalized spacial score (nSPS) is 18.0. The summed E-state index contributed by atoms with van der Waals surface area (Å²) in [4.78, 5) is 54.2. The number of likely N-dealkylation sites (tertiary alicyclic amines) is 1. The Balaban J connectivity index is 1.50. The number of nitrogens with one attached hydrogen (secondary N) is 2. The number of amides is 4. The number of aromatic hydroxyl groups is 1. The molecular weight excluding hydrogens is 534 g/mol. The van der Waals surface area contributed by atoms with Crippen molar-refractivity contribution in [2.45, 2.75) is 56.3 Å². The van der Waals surface area contributed by atoms with Gasteiger partial charge in [-0.2, -0.15) is 0 Å². The van der Waals surface area contributed by atoms with Crippen molar-refractivity contribution >= 4 is 23.6 Å². The van der Waals surface area contributed by atoms with E-state index in [1.54, 1.807) is 48.5 Å². The first-order chi connectivity index (χ1) is 21.9. The Bertz CT molecular complexity index is 1570. The van der Waals surface area contributed by atoms with Crippen molar-refractivity contribution in [3.8, 4) is 5.75 Å². The third-order valence-corrected chi connectivity index (χ3v) is 7.10. The van der Waals surface area contributed by atoms with Gasteiger partial charge in [-0.3, -0.25) is 19.2 Å². The van der Waals surface area contributed by atoms with E-state index in [1.807, 2.05) is 12.1 Å². The van der Waals surface area contributed by atoms with Gasteiger partial charge in [0.25, 0.3) is 0 Å². The fourth-order valence-corrected chi connectivity index (χ4v) is 4.93. The van der Waals surface area contributed by atoms with E-state index in [0.29, 0.717) is 12.8 Å². The third-order valence-electron chi connectivity index (χ3n) is 7.10. The summed E-state index contributed by atoms with van der Waals surface area (Å²) in [5.41, 5.74) is 13.2. The minimum Gasteiger partial charge on any atom is -0.508 e. The molecule has 7 N–H and O–H groups in total. The van der Waals surface area contributed by atoms with Gasteiger partial charge in [-0.1, -0.05) is 72.7 Å². The average molecular weight is 576 g/mol. The Kier molecular flexibility index (Phi) is 8.51. The lowest BCUT2D eigenvalue weighted by Gasteiger charge is -2.29. The number of hydrogen-bond acceptors (Lipinski definition) is 6. The number of phenols is 1. The summed E-state index contributed by atoms with van der Waals surface area (Å²) in [6.45, 7) is 0.200. The van der Waals surface area contributed by atoms with E-state index in [4.69, 9.17) is 17.0 Å². The zero-order chi connectivity index (χ0) is 33.5. The Hall–Kier alpha value is -4.70. The number of rotatable bonds is 12. The minimum atomic E-state index is -1.30. The molecule has 220 valence electrons. The Morgan fingerprint density at radius 1 is 0.857 bits per heavy atom. The molecule has 0 radical (unpaired) electrons. The lowest BCUT2D eigenvalue weighted by Crippen LogP contribution is -2.58. The van der Waals surface area contributed by atoms with Crippen LogP contribution in [0.25, 0.3) is 0 Å². The van der Waals surface area contributed by atoms with E-state index in [-0.39, 0.29) is 31.4 Å². The number of primary amides is 1. The van der Waals surface area contributed by atoms with Crippen LogP contribution < -0.4 is 22.1 Å². The Labute approximate surface area is 250 Å². The predicted molar refractivity (Wildman–Crippen MR) is 158 cm³/mol. The molecule has 4 atom stereocenters. The van der Waals surface area contributed by atoms with Crippen molar-refractivity contribution in [1.82, 2.24) is 15.5 Å². The maximum absolute atomic E-state index is 13.6. The number of carbonyl (C=O) groups is 4. The summed E-state index contributed by atoms with van der Waals surface area (Å²) in [6, 6.07) is 11.3. The quantitative estimate of drug-likeness (QED) is 0.217. The number of hydrogen-bond donors (Lipinski definition) is 5. The summed E-state index contributed by atoms with van der Waals surface area (Å²) < 4.78 is 31.9. The third kappa shape index (κ3) is 8.17. The largest absolute Gasteiger partial charge is 0.508 e. The molecule has 10 heteroatoms. The topological polar surface area (TPSA) is 168 Å². The molecule has 1 heterocycles. The van der Waals surface area contributed by atoms with Gasteiger partial charge >= 0.3 is 0 Å². The van der Waals surface area contributed by atoms with Crippen molar-refractivity contribution in [2.75, 3.05) is 6.54 Å². The number of phenolic OH excluding ortho intramolecular Hbond substituents is 1. The van der Waals surface area contributed by atoms with E-state index in [0.717, 1.165) is 11.1 Å². The molecule has 10 nitrogen and oxygen atoms in total. The molecule has 0 saturated carbocycles. The molecule has 3 aromatic carbocycles. The molecule has 4 amide bonds. The highest BCUT2D eigenvalue weighted by atomic mass is 16.3. The van der Waals surface area contributed by atoms with Gasteiger partial charge in [0, 0.05) is 19.4 Å². The summed E-state index contributed by atoms with van der Waals surface area (Å²) >= 11 is 0. The fraction of sp³-hybridized carbons (Fsp3) is 0.312. The highest BCUT2D eigenvalue weighted by Gasteiger charge is 2.38. The van der Waals surface area contributed by atoms with Crippen LogP contribution in [0.5, 0.6) is 5.75 Å². The van der Waals surface area contributed by atoms with E-state index in [9.17, 15) is 24.3 Å². The second-order valence-electron chi connectivity index (χ2n) is 10.2. The monoisotopic (exact) mass is 575 g/mol. The highest BCUT2D eigenvalue weighted by Crippen LogP contribution is 2.20. The molecule has 0 aliphatic carbocycles. The van der Waals surface area contributed by atoms with Crippen LogP contribution in [0.2, 0.25) is 0 Å². The molecular formula is C32H37N5O5. The summed E-state index contributed by atoms with van der Waals surface area (Å²) in [7, 11) is 0. The van der Waals surface area contributed by atoms with Gasteiger partial charge < -0.3 is 32.1 Å². The molecule has 3 aromatic rings. The first kappa shape index (κ1) is 25.0. The Morgan fingerprint density at radius 2 is 1.43 bits per heavy atom. The molecule has 0 unspecified atom stereocenters. The van der Waals surface area contributed by atoms with Gasteiger partial charge in [0.2, 0.25) is 23.6 Å². The van der Waals surface area contributed by atoms with Crippen LogP contribution >= 0.6 is 0 Å². The number of carbonyl (C=O) groups excluding carboxylic acids is 4. The molecule has 0 bridgehead atoms. The van der Waals surface area contributed by atoms with E-state index < -0.39 is 77.7 Å². The Morgan fingerprint density at radius 3 is 2.00 bits per heavy atom. The maximum atomic E-state index is 13.6. The SMILES string of the molecule is [2H]c1c([2H])c(C[C@H](N)C(=O)N2CCC[C@H]2C(=O)N[C@@H](Cc2ccccc2)C(=O)N[C@@H](Cc2ccccc2)C(N)=O)c([2H])c([2H])c1O. The van der Waals surface area contributed by atoms with Crippen LogP contribution in [-0.4, -0.2) is 64.3 Å².